The van der Waals surface area contributed by atoms with Gasteiger partial charge in [-0.25, -0.2) is 0 Å². The van der Waals surface area contributed by atoms with Crippen molar-refractivity contribution in [2.24, 2.45) is 5.92 Å². The zero-order valence-electron chi connectivity index (χ0n) is 20.7. The molecule has 0 aromatic heterocycles. The highest BCUT2D eigenvalue weighted by Gasteiger charge is 2.34. The second kappa shape index (κ2) is 12.9. The fourth-order valence-corrected chi connectivity index (χ4v) is 4.29. The van der Waals surface area contributed by atoms with Crippen LogP contribution in [0.4, 0.5) is 0 Å². The van der Waals surface area contributed by atoms with Crippen molar-refractivity contribution in [3.63, 3.8) is 0 Å². The molecule has 1 fully saturated rings. The first-order valence-electron chi connectivity index (χ1n) is 12.0. The van der Waals surface area contributed by atoms with Crippen LogP contribution >= 0.6 is 0 Å². The number of carbonyl (C=O) groups is 3. The minimum atomic E-state index is -0.685. The van der Waals surface area contributed by atoms with E-state index >= 15 is 0 Å². The zero-order valence-corrected chi connectivity index (χ0v) is 20.7. The van der Waals surface area contributed by atoms with Gasteiger partial charge in [0, 0.05) is 38.9 Å². The van der Waals surface area contributed by atoms with Crippen molar-refractivity contribution in [3.8, 4) is 5.75 Å². The summed E-state index contributed by atoms with van der Waals surface area (Å²) in [6.45, 7) is 3.96. The minimum absolute atomic E-state index is 0.0893. The molecular formula is C27H35N3O5. The Morgan fingerprint density at radius 1 is 1.03 bits per heavy atom. The normalized spacial score (nSPS) is 14.8. The van der Waals surface area contributed by atoms with Crippen LogP contribution in [-0.2, 0) is 9.53 Å². The van der Waals surface area contributed by atoms with Crippen LogP contribution in [0.2, 0.25) is 0 Å². The molecule has 2 aromatic rings. The lowest BCUT2D eigenvalue weighted by atomic mass is 9.88. The molecule has 0 bridgehead atoms. The second-order valence-electron chi connectivity index (χ2n) is 8.78. The quantitative estimate of drug-likeness (QED) is 0.509. The van der Waals surface area contributed by atoms with Gasteiger partial charge in [0.05, 0.1) is 12.7 Å². The van der Waals surface area contributed by atoms with Crippen molar-refractivity contribution in [3.05, 3.63) is 65.2 Å². The number of methoxy groups -OCH3 is 2. The number of amides is 3. The highest BCUT2D eigenvalue weighted by atomic mass is 16.5. The summed E-state index contributed by atoms with van der Waals surface area (Å²) >= 11 is 0. The summed E-state index contributed by atoms with van der Waals surface area (Å²) in [6, 6.07) is 13.7. The van der Waals surface area contributed by atoms with Crippen molar-refractivity contribution in [1.82, 2.24) is 15.5 Å². The summed E-state index contributed by atoms with van der Waals surface area (Å²) in [7, 11) is 3.16. The summed E-state index contributed by atoms with van der Waals surface area (Å²) in [5.74, 6) is -0.136. The first kappa shape index (κ1) is 26.2. The molecule has 1 atom stereocenters. The maximum atomic E-state index is 13.1. The zero-order chi connectivity index (χ0) is 25.2. The van der Waals surface area contributed by atoms with Crippen LogP contribution in [-0.4, -0.2) is 69.1 Å². The van der Waals surface area contributed by atoms with Crippen molar-refractivity contribution in [2.45, 2.75) is 32.2 Å². The lowest BCUT2D eigenvalue weighted by Crippen LogP contribution is -2.54. The molecule has 1 heterocycles. The second-order valence-corrected chi connectivity index (χ2v) is 8.78. The highest BCUT2D eigenvalue weighted by molar-refractivity contribution is 5.98. The van der Waals surface area contributed by atoms with E-state index in [1.54, 1.807) is 43.4 Å². The van der Waals surface area contributed by atoms with Crippen molar-refractivity contribution >= 4 is 17.7 Å². The largest absolute Gasteiger partial charge is 0.496 e. The number of aryl methyl sites for hydroxylation is 1. The van der Waals surface area contributed by atoms with Crippen LogP contribution < -0.4 is 15.4 Å². The van der Waals surface area contributed by atoms with Gasteiger partial charge in [-0.05, 0) is 56.4 Å². The Bertz CT molecular complexity index is 1000. The number of likely N-dealkylation sites (tertiary alicyclic amines) is 1. The number of ether oxygens (including phenoxy) is 2. The SMILES string of the molecule is COCCCNC(=O)C(NC(=O)c1ccc(C)cc1)C1CCN(C(=O)c2ccccc2OC)CC1. The van der Waals surface area contributed by atoms with Gasteiger partial charge in [0.1, 0.15) is 11.8 Å². The van der Waals surface area contributed by atoms with Gasteiger partial charge in [-0.3, -0.25) is 14.4 Å². The lowest BCUT2D eigenvalue weighted by molar-refractivity contribution is -0.124. The molecule has 1 aliphatic heterocycles. The van der Waals surface area contributed by atoms with E-state index in [0.717, 1.165) is 5.56 Å². The molecule has 1 saturated heterocycles. The molecule has 2 aromatic carbocycles. The summed E-state index contributed by atoms with van der Waals surface area (Å²) in [5.41, 5.74) is 2.09. The number of benzene rings is 2. The van der Waals surface area contributed by atoms with E-state index in [9.17, 15) is 14.4 Å². The first-order valence-corrected chi connectivity index (χ1v) is 12.0. The van der Waals surface area contributed by atoms with Gasteiger partial charge in [-0.2, -0.15) is 0 Å². The number of para-hydroxylation sites is 1. The molecule has 8 heteroatoms. The van der Waals surface area contributed by atoms with Crippen molar-refractivity contribution in [1.29, 1.82) is 0 Å². The molecule has 1 unspecified atom stereocenters. The Kier molecular flexibility index (Phi) is 9.66. The Labute approximate surface area is 207 Å². The fourth-order valence-electron chi connectivity index (χ4n) is 4.29. The smallest absolute Gasteiger partial charge is 0.257 e. The maximum absolute atomic E-state index is 13.1. The van der Waals surface area contributed by atoms with E-state index in [4.69, 9.17) is 9.47 Å². The molecular weight excluding hydrogens is 446 g/mol. The van der Waals surface area contributed by atoms with Gasteiger partial charge in [-0.15, -0.1) is 0 Å². The molecule has 1 aliphatic rings. The average Bonchev–Trinajstić information content (AvgIpc) is 2.89. The van der Waals surface area contributed by atoms with E-state index < -0.39 is 6.04 Å². The standard InChI is InChI=1S/C27H35N3O5/c1-19-9-11-21(12-10-19)25(31)29-24(26(32)28-15-6-18-34-2)20-13-16-30(17-14-20)27(33)22-7-4-5-8-23(22)35-3/h4-5,7-12,20,24H,6,13-18H2,1-3H3,(H,28,32)(H,29,31). The number of piperidine rings is 1. The van der Waals surface area contributed by atoms with E-state index in [2.05, 4.69) is 10.6 Å². The summed E-state index contributed by atoms with van der Waals surface area (Å²) < 4.78 is 10.4. The summed E-state index contributed by atoms with van der Waals surface area (Å²) in [5, 5.41) is 5.88. The first-order chi connectivity index (χ1) is 16.9. The topological polar surface area (TPSA) is 97.0 Å². The average molecular weight is 482 g/mol. The van der Waals surface area contributed by atoms with Gasteiger partial charge in [0.25, 0.3) is 11.8 Å². The predicted molar refractivity (Wildman–Crippen MR) is 134 cm³/mol. The van der Waals surface area contributed by atoms with Crippen LogP contribution in [0.5, 0.6) is 5.75 Å². The number of nitrogens with zero attached hydrogens (tertiary/aromatic N) is 1. The van der Waals surface area contributed by atoms with E-state index in [0.29, 0.717) is 62.4 Å². The number of hydrogen-bond acceptors (Lipinski definition) is 5. The molecule has 188 valence electrons. The Morgan fingerprint density at radius 2 is 1.71 bits per heavy atom. The van der Waals surface area contributed by atoms with E-state index in [1.807, 2.05) is 31.2 Å². The molecule has 3 amide bonds. The number of carbonyl (C=O) groups excluding carboxylic acids is 3. The van der Waals surface area contributed by atoms with E-state index in [1.165, 1.54) is 0 Å². The predicted octanol–water partition coefficient (Wildman–Crippen LogP) is 2.81. The van der Waals surface area contributed by atoms with Gasteiger partial charge >= 0.3 is 0 Å². The molecule has 0 spiro atoms. The van der Waals surface area contributed by atoms with Crippen LogP contribution in [0.15, 0.2) is 48.5 Å². The van der Waals surface area contributed by atoms with Gasteiger partial charge in [0.15, 0.2) is 0 Å². The van der Waals surface area contributed by atoms with Crippen LogP contribution in [0.3, 0.4) is 0 Å². The summed E-state index contributed by atoms with van der Waals surface area (Å²) in [4.78, 5) is 40.9. The highest BCUT2D eigenvalue weighted by Crippen LogP contribution is 2.25. The Hall–Kier alpha value is -3.39. The van der Waals surface area contributed by atoms with Gasteiger partial charge in [0.2, 0.25) is 5.91 Å². The molecule has 3 rings (SSSR count). The molecule has 35 heavy (non-hydrogen) atoms. The summed E-state index contributed by atoms with van der Waals surface area (Å²) in [6.07, 6.45) is 1.89. The third-order valence-corrected chi connectivity index (χ3v) is 6.34. The van der Waals surface area contributed by atoms with Crippen LogP contribution in [0.25, 0.3) is 0 Å². The third kappa shape index (κ3) is 7.05. The van der Waals surface area contributed by atoms with Gasteiger partial charge in [-0.1, -0.05) is 29.8 Å². The molecule has 2 N–H and O–H groups in total. The number of hydrogen-bond donors (Lipinski definition) is 2. The molecule has 0 saturated carbocycles. The van der Waals surface area contributed by atoms with Gasteiger partial charge < -0.3 is 25.0 Å². The van der Waals surface area contributed by atoms with Crippen molar-refractivity contribution < 1.29 is 23.9 Å². The van der Waals surface area contributed by atoms with Crippen molar-refractivity contribution in [2.75, 3.05) is 40.5 Å². The lowest BCUT2D eigenvalue weighted by Gasteiger charge is -2.36. The molecule has 0 aliphatic carbocycles. The maximum Gasteiger partial charge on any atom is 0.257 e. The van der Waals surface area contributed by atoms with Crippen LogP contribution in [0.1, 0.15) is 45.5 Å². The molecule has 8 nitrogen and oxygen atoms in total. The van der Waals surface area contributed by atoms with E-state index in [-0.39, 0.29) is 23.6 Å². The number of rotatable bonds is 10. The molecule has 0 radical (unpaired) electrons. The number of nitrogens with one attached hydrogen (secondary N) is 2. The third-order valence-electron chi connectivity index (χ3n) is 6.34. The van der Waals surface area contributed by atoms with Crippen LogP contribution in [0, 0.1) is 12.8 Å². The fraction of sp³-hybridized carbons (Fsp3) is 0.444. The Balaban J connectivity index is 1.68. The monoisotopic (exact) mass is 481 g/mol. The Morgan fingerprint density at radius 3 is 2.37 bits per heavy atom. The minimum Gasteiger partial charge on any atom is -0.496 e.